The molecule has 5 heteroatoms. The summed E-state index contributed by atoms with van der Waals surface area (Å²) in [4.78, 5) is 26.8. The second-order valence-electron chi connectivity index (χ2n) is 5.72. The molecule has 124 valence electrons. The first-order chi connectivity index (χ1) is 11.7. The molecule has 1 aliphatic heterocycles. The normalized spacial score (nSPS) is 14.9. The Hall–Kier alpha value is -2.82. The van der Waals surface area contributed by atoms with Crippen LogP contribution in [0.25, 0.3) is 0 Å². The van der Waals surface area contributed by atoms with Gasteiger partial charge in [-0.05, 0) is 30.5 Å². The van der Waals surface area contributed by atoms with E-state index in [0.29, 0.717) is 5.75 Å². The van der Waals surface area contributed by atoms with Crippen molar-refractivity contribution in [2.45, 2.75) is 18.9 Å². The third-order valence-corrected chi connectivity index (χ3v) is 4.01. The van der Waals surface area contributed by atoms with Gasteiger partial charge in [0, 0.05) is 13.1 Å². The summed E-state index contributed by atoms with van der Waals surface area (Å²) in [5.74, 6) is 0.346. The number of likely N-dealkylation sites (tertiary alicyclic amines) is 1. The molecule has 24 heavy (non-hydrogen) atoms. The maximum absolute atomic E-state index is 12.8. The van der Waals surface area contributed by atoms with Gasteiger partial charge in [-0.2, -0.15) is 0 Å². The maximum atomic E-state index is 12.8. The lowest BCUT2D eigenvalue weighted by Crippen LogP contribution is -2.42. The zero-order valence-electron chi connectivity index (χ0n) is 13.4. The van der Waals surface area contributed by atoms with Gasteiger partial charge in [0.05, 0.1) is 0 Å². The number of rotatable bonds is 4. The van der Waals surface area contributed by atoms with Crippen molar-refractivity contribution in [1.82, 2.24) is 10.2 Å². The zero-order chi connectivity index (χ0) is 16.8. The Morgan fingerprint density at radius 3 is 2.12 bits per heavy atom. The van der Waals surface area contributed by atoms with Crippen LogP contribution in [0.4, 0.5) is 4.79 Å². The van der Waals surface area contributed by atoms with Crippen LogP contribution in [0.3, 0.4) is 0 Å². The fraction of sp³-hybridized carbons (Fsp3) is 0.263. The number of amides is 2. The van der Waals surface area contributed by atoms with Gasteiger partial charge < -0.3 is 15.0 Å². The van der Waals surface area contributed by atoms with Crippen LogP contribution < -0.4 is 10.1 Å². The summed E-state index contributed by atoms with van der Waals surface area (Å²) in [7, 11) is 0. The maximum Gasteiger partial charge on any atom is 0.413 e. The molecule has 1 aliphatic rings. The highest BCUT2D eigenvalue weighted by atomic mass is 16.6. The van der Waals surface area contributed by atoms with Crippen LogP contribution in [0.2, 0.25) is 0 Å². The SMILES string of the molecule is O=C(N[C@H](C(=O)N1CCCC1)c1ccccc1)Oc1ccccc1. The number of ether oxygens (including phenoxy) is 1. The molecule has 5 nitrogen and oxygen atoms in total. The van der Waals surface area contributed by atoms with Crippen LogP contribution in [0, 0.1) is 0 Å². The summed E-state index contributed by atoms with van der Waals surface area (Å²) in [6, 6.07) is 17.3. The van der Waals surface area contributed by atoms with Gasteiger partial charge >= 0.3 is 6.09 Å². The molecule has 0 spiro atoms. The number of carbonyl (C=O) groups is 2. The molecule has 0 bridgehead atoms. The van der Waals surface area contributed by atoms with Crippen molar-refractivity contribution in [2.24, 2.45) is 0 Å². The van der Waals surface area contributed by atoms with E-state index in [4.69, 9.17) is 4.74 Å². The minimum atomic E-state index is -0.736. The Balaban J connectivity index is 1.74. The van der Waals surface area contributed by atoms with Gasteiger partial charge in [-0.3, -0.25) is 4.79 Å². The van der Waals surface area contributed by atoms with Crippen molar-refractivity contribution in [3.05, 3.63) is 66.2 Å². The molecule has 1 atom stereocenters. The van der Waals surface area contributed by atoms with E-state index in [1.54, 1.807) is 29.2 Å². The van der Waals surface area contributed by atoms with E-state index in [2.05, 4.69) is 5.32 Å². The first kappa shape index (κ1) is 16.1. The van der Waals surface area contributed by atoms with Gasteiger partial charge in [0.2, 0.25) is 5.91 Å². The van der Waals surface area contributed by atoms with Crippen molar-refractivity contribution in [1.29, 1.82) is 0 Å². The van der Waals surface area contributed by atoms with E-state index < -0.39 is 12.1 Å². The molecule has 0 unspecified atom stereocenters. The highest BCUT2D eigenvalue weighted by Gasteiger charge is 2.29. The van der Waals surface area contributed by atoms with Crippen molar-refractivity contribution in [2.75, 3.05) is 13.1 Å². The molecule has 2 aromatic carbocycles. The molecule has 1 heterocycles. The largest absolute Gasteiger partial charge is 0.413 e. The number of carbonyl (C=O) groups excluding carboxylic acids is 2. The number of benzene rings is 2. The van der Waals surface area contributed by atoms with Gasteiger partial charge in [0.1, 0.15) is 11.8 Å². The molecule has 0 saturated carbocycles. The molecular formula is C19H20N2O3. The molecular weight excluding hydrogens is 304 g/mol. The Morgan fingerprint density at radius 1 is 0.917 bits per heavy atom. The summed E-state index contributed by atoms with van der Waals surface area (Å²) >= 11 is 0. The number of para-hydroxylation sites is 1. The van der Waals surface area contributed by atoms with E-state index in [-0.39, 0.29) is 5.91 Å². The summed E-state index contributed by atoms with van der Waals surface area (Å²) in [6.45, 7) is 1.47. The monoisotopic (exact) mass is 324 g/mol. The lowest BCUT2D eigenvalue weighted by atomic mass is 10.1. The Morgan fingerprint density at radius 2 is 1.50 bits per heavy atom. The standard InChI is InChI=1S/C19H20N2O3/c22-18(21-13-7-8-14-21)17(15-9-3-1-4-10-15)20-19(23)24-16-11-5-2-6-12-16/h1-6,9-12,17H,7-8,13-14H2,(H,20,23)/t17-/m0/s1. The minimum absolute atomic E-state index is 0.0938. The average molecular weight is 324 g/mol. The molecule has 2 aromatic rings. The lowest BCUT2D eigenvalue weighted by Gasteiger charge is -2.24. The summed E-state index contributed by atoms with van der Waals surface area (Å²) in [5.41, 5.74) is 0.749. The Labute approximate surface area is 141 Å². The van der Waals surface area contributed by atoms with Crippen LogP contribution in [0.5, 0.6) is 5.75 Å². The molecule has 3 rings (SSSR count). The van der Waals surface area contributed by atoms with Gasteiger partial charge in [-0.15, -0.1) is 0 Å². The van der Waals surface area contributed by atoms with Gasteiger partial charge in [-0.1, -0.05) is 48.5 Å². The molecule has 1 fully saturated rings. The fourth-order valence-corrected chi connectivity index (χ4v) is 2.80. The van der Waals surface area contributed by atoms with Crippen molar-refractivity contribution < 1.29 is 14.3 Å². The lowest BCUT2D eigenvalue weighted by molar-refractivity contribution is -0.132. The second kappa shape index (κ2) is 7.64. The quantitative estimate of drug-likeness (QED) is 0.940. The topological polar surface area (TPSA) is 58.6 Å². The van der Waals surface area contributed by atoms with Gasteiger partial charge in [-0.25, -0.2) is 4.79 Å². The highest BCUT2D eigenvalue weighted by Crippen LogP contribution is 2.20. The molecule has 2 amide bonds. The van der Waals surface area contributed by atoms with E-state index >= 15 is 0 Å². The van der Waals surface area contributed by atoms with E-state index in [1.807, 2.05) is 36.4 Å². The predicted molar refractivity (Wildman–Crippen MR) is 90.6 cm³/mol. The Bertz CT molecular complexity index is 682. The van der Waals surface area contributed by atoms with Crippen LogP contribution >= 0.6 is 0 Å². The van der Waals surface area contributed by atoms with Gasteiger partial charge in [0.25, 0.3) is 0 Å². The second-order valence-corrected chi connectivity index (χ2v) is 5.72. The van der Waals surface area contributed by atoms with Crippen LogP contribution in [0.15, 0.2) is 60.7 Å². The number of hydrogen-bond donors (Lipinski definition) is 1. The number of nitrogens with one attached hydrogen (secondary N) is 1. The number of nitrogens with zero attached hydrogens (tertiary/aromatic N) is 1. The van der Waals surface area contributed by atoms with E-state index in [0.717, 1.165) is 31.5 Å². The molecule has 0 radical (unpaired) electrons. The van der Waals surface area contributed by atoms with E-state index in [9.17, 15) is 9.59 Å². The van der Waals surface area contributed by atoms with Crippen LogP contribution in [-0.2, 0) is 4.79 Å². The smallest absolute Gasteiger partial charge is 0.410 e. The third-order valence-electron chi connectivity index (χ3n) is 4.01. The minimum Gasteiger partial charge on any atom is -0.410 e. The van der Waals surface area contributed by atoms with Crippen molar-refractivity contribution >= 4 is 12.0 Å². The first-order valence-electron chi connectivity index (χ1n) is 8.11. The van der Waals surface area contributed by atoms with Gasteiger partial charge in [0.15, 0.2) is 0 Å². The third kappa shape index (κ3) is 3.93. The predicted octanol–water partition coefficient (Wildman–Crippen LogP) is 3.14. The highest BCUT2D eigenvalue weighted by molar-refractivity contribution is 5.87. The molecule has 1 N–H and O–H groups in total. The van der Waals surface area contributed by atoms with Crippen molar-refractivity contribution in [3.63, 3.8) is 0 Å². The summed E-state index contributed by atoms with van der Waals surface area (Å²) < 4.78 is 5.26. The number of hydrogen-bond acceptors (Lipinski definition) is 3. The summed E-state index contributed by atoms with van der Waals surface area (Å²) in [6.07, 6.45) is 1.37. The van der Waals surface area contributed by atoms with Crippen molar-refractivity contribution in [3.8, 4) is 5.75 Å². The molecule has 0 aromatic heterocycles. The zero-order valence-corrected chi connectivity index (χ0v) is 13.4. The summed E-state index contributed by atoms with van der Waals surface area (Å²) in [5, 5.41) is 2.71. The first-order valence-corrected chi connectivity index (χ1v) is 8.11. The molecule has 0 aliphatic carbocycles. The molecule has 1 saturated heterocycles. The average Bonchev–Trinajstić information content (AvgIpc) is 3.15. The van der Waals surface area contributed by atoms with E-state index in [1.165, 1.54) is 0 Å². The van der Waals surface area contributed by atoms with Crippen LogP contribution in [0.1, 0.15) is 24.4 Å². The van der Waals surface area contributed by atoms with Crippen LogP contribution in [-0.4, -0.2) is 30.0 Å². The Kier molecular flexibility index (Phi) is 5.11. The fourth-order valence-electron chi connectivity index (χ4n) is 2.80.